The SMILES string of the molecule is CC1=NC(C(=O)NC2CCC(NC(=O)c3cc(F)cnc3Oc3cccc(-c4ccc(O)c(CN5C[C@@H](C)N[C@@H](C)C5)c4)c3)CC2)CS1. The molecule has 254 valence electrons. The van der Waals surface area contributed by atoms with Crippen LogP contribution in [0.2, 0.25) is 0 Å². The Morgan fingerprint density at radius 1 is 1.02 bits per heavy atom. The van der Waals surface area contributed by atoms with Crippen molar-refractivity contribution in [2.45, 2.75) is 83.2 Å². The van der Waals surface area contributed by atoms with Crippen molar-refractivity contribution in [1.82, 2.24) is 25.8 Å². The second kappa shape index (κ2) is 15.0. The number of amides is 2. The molecule has 1 saturated carbocycles. The van der Waals surface area contributed by atoms with Gasteiger partial charge in [-0.3, -0.25) is 19.5 Å². The van der Waals surface area contributed by atoms with Crippen molar-refractivity contribution < 1.29 is 23.8 Å². The van der Waals surface area contributed by atoms with Gasteiger partial charge in [0.05, 0.1) is 11.2 Å². The van der Waals surface area contributed by atoms with E-state index in [4.69, 9.17) is 4.74 Å². The third kappa shape index (κ3) is 8.53. The molecule has 10 nitrogen and oxygen atoms in total. The molecular formula is C36H43FN6O4S. The van der Waals surface area contributed by atoms with Crippen LogP contribution < -0.4 is 20.7 Å². The molecular weight excluding hydrogens is 631 g/mol. The Balaban J connectivity index is 1.09. The largest absolute Gasteiger partial charge is 0.508 e. The fraction of sp³-hybridized carbons (Fsp3) is 0.444. The standard InChI is InChI=1S/C36H43FN6O4S/c1-21-17-43(18-22(2)39-21)19-26-13-25(7-12-33(26)44)24-5-4-6-30(14-24)47-36-31(15-27(37)16-38-36)34(45)41-28-8-10-29(11-9-28)42-35(46)32-20-48-23(3)40-32/h4-7,12-16,21-22,28-29,32,39,44H,8-11,17-20H2,1-3H3,(H,41,45)(H,42,46)/t21-,22+,28?,29?,32?. The third-order valence-corrected chi connectivity index (χ3v) is 10.1. The quantitative estimate of drug-likeness (QED) is 0.242. The number of nitrogens with zero attached hydrogens (tertiary/aromatic N) is 3. The van der Waals surface area contributed by atoms with Crippen LogP contribution in [-0.2, 0) is 11.3 Å². The Hall–Kier alpha value is -4.00. The molecule has 3 aliphatic rings. The summed E-state index contributed by atoms with van der Waals surface area (Å²) in [4.78, 5) is 36.8. The van der Waals surface area contributed by atoms with Gasteiger partial charge in [-0.05, 0) is 87.9 Å². The number of ether oxygens (including phenoxy) is 1. The minimum atomic E-state index is -0.638. The summed E-state index contributed by atoms with van der Waals surface area (Å²) in [6.45, 7) is 8.67. The van der Waals surface area contributed by atoms with E-state index in [1.807, 2.05) is 37.3 Å². The monoisotopic (exact) mass is 674 g/mol. The highest BCUT2D eigenvalue weighted by molar-refractivity contribution is 8.14. The van der Waals surface area contributed by atoms with Crippen LogP contribution in [0.25, 0.3) is 11.1 Å². The van der Waals surface area contributed by atoms with Crippen molar-refractivity contribution in [1.29, 1.82) is 0 Å². The first-order valence-corrected chi connectivity index (χ1v) is 17.6. The maximum absolute atomic E-state index is 14.3. The Kier molecular flexibility index (Phi) is 10.6. The van der Waals surface area contributed by atoms with Gasteiger partial charge in [0.2, 0.25) is 11.8 Å². The van der Waals surface area contributed by atoms with Crippen molar-refractivity contribution in [3.8, 4) is 28.5 Å². The van der Waals surface area contributed by atoms with E-state index in [0.717, 1.165) is 59.9 Å². The number of hydrogen-bond donors (Lipinski definition) is 4. The van der Waals surface area contributed by atoms with Gasteiger partial charge in [-0.15, -0.1) is 11.8 Å². The first-order valence-electron chi connectivity index (χ1n) is 16.6. The lowest BCUT2D eigenvalue weighted by atomic mass is 9.90. The van der Waals surface area contributed by atoms with E-state index in [0.29, 0.717) is 43.0 Å². The van der Waals surface area contributed by atoms with Crippen LogP contribution in [0.1, 0.15) is 62.4 Å². The van der Waals surface area contributed by atoms with Gasteiger partial charge in [-0.25, -0.2) is 9.37 Å². The number of nitrogens with one attached hydrogen (secondary N) is 3. The zero-order valence-electron chi connectivity index (χ0n) is 27.5. The Labute approximate surface area is 285 Å². The summed E-state index contributed by atoms with van der Waals surface area (Å²) in [5, 5.41) is 21.2. The number of rotatable bonds is 9. The summed E-state index contributed by atoms with van der Waals surface area (Å²) in [6.07, 6.45) is 3.84. The number of aromatic nitrogens is 1. The zero-order chi connectivity index (χ0) is 33.8. The molecule has 1 saturated heterocycles. The lowest BCUT2D eigenvalue weighted by Crippen LogP contribution is -2.53. The second-order valence-electron chi connectivity index (χ2n) is 13.1. The highest BCUT2D eigenvalue weighted by Gasteiger charge is 2.29. The molecule has 0 radical (unpaired) electrons. The predicted octanol–water partition coefficient (Wildman–Crippen LogP) is 5.26. The Morgan fingerprint density at radius 2 is 1.73 bits per heavy atom. The number of benzene rings is 2. The van der Waals surface area contributed by atoms with Gasteiger partial charge in [0, 0.05) is 55.1 Å². The second-order valence-corrected chi connectivity index (χ2v) is 14.4. The minimum Gasteiger partial charge on any atom is -0.508 e. The highest BCUT2D eigenvalue weighted by atomic mass is 32.2. The summed E-state index contributed by atoms with van der Waals surface area (Å²) in [7, 11) is 0. The first kappa shape index (κ1) is 33.9. The number of aromatic hydroxyl groups is 1. The zero-order valence-corrected chi connectivity index (χ0v) is 28.4. The molecule has 4 N–H and O–H groups in total. The molecule has 1 aromatic heterocycles. The maximum atomic E-state index is 14.3. The molecule has 2 aliphatic heterocycles. The smallest absolute Gasteiger partial charge is 0.257 e. The molecule has 0 bridgehead atoms. The number of hydrogen-bond acceptors (Lipinski definition) is 9. The van der Waals surface area contributed by atoms with Crippen LogP contribution >= 0.6 is 11.8 Å². The summed E-state index contributed by atoms with van der Waals surface area (Å²) in [5.41, 5.74) is 2.62. The van der Waals surface area contributed by atoms with E-state index >= 15 is 0 Å². The summed E-state index contributed by atoms with van der Waals surface area (Å²) in [6, 6.07) is 14.4. The lowest BCUT2D eigenvalue weighted by molar-refractivity contribution is -0.122. The molecule has 6 rings (SSSR count). The van der Waals surface area contributed by atoms with E-state index in [-0.39, 0.29) is 41.2 Å². The molecule has 3 heterocycles. The van der Waals surface area contributed by atoms with Crippen LogP contribution in [-0.4, -0.2) is 80.9 Å². The number of piperazine rings is 1. The topological polar surface area (TPSA) is 128 Å². The number of aliphatic imine (C=N–C) groups is 1. The van der Waals surface area contributed by atoms with Crippen LogP contribution in [0.15, 0.2) is 59.7 Å². The molecule has 2 amide bonds. The average Bonchev–Trinajstić information content (AvgIpc) is 3.50. The van der Waals surface area contributed by atoms with Crippen LogP contribution in [0.4, 0.5) is 4.39 Å². The molecule has 1 aliphatic carbocycles. The molecule has 1 unspecified atom stereocenters. The van der Waals surface area contributed by atoms with Crippen molar-refractivity contribution >= 4 is 28.6 Å². The Morgan fingerprint density at radius 3 is 2.44 bits per heavy atom. The van der Waals surface area contributed by atoms with Gasteiger partial charge >= 0.3 is 0 Å². The van der Waals surface area contributed by atoms with Gasteiger partial charge in [0.1, 0.15) is 28.9 Å². The highest BCUT2D eigenvalue weighted by Crippen LogP contribution is 2.32. The number of phenolic OH excluding ortho intramolecular Hbond substituents is 1. The number of thioether (sulfide) groups is 1. The van der Waals surface area contributed by atoms with E-state index in [1.165, 1.54) is 0 Å². The average molecular weight is 675 g/mol. The normalized spacial score (nSPS) is 24.5. The Bertz CT molecular complexity index is 1670. The number of halogens is 1. The number of carbonyl (C=O) groups excluding carboxylic acids is 2. The lowest BCUT2D eigenvalue weighted by Gasteiger charge is -2.36. The molecule has 48 heavy (non-hydrogen) atoms. The van der Waals surface area contributed by atoms with Gasteiger partial charge in [-0.2, -0.15) is 0 Å². The van der Waals surface area contributed by atoms with Crippen LogP contribution in [0.3, 0.4) is 0 Å². The van der Waals surface area contributed by atoms with E-state index in [2.05, 4.69) is 44.7 Å². The summed E-state index contributed by atoms with van der Waals surface area (Å²) < 4.78 is 20.4. The number of carbonyl (C=O) groups is 2. The van der Waals surface area contributed by atoms with Crippen LogP contribution in [0, 0.1) is 5.82 Å². The number of pyridine rings is 1. The maximum Gasteiger partial charge on any atom is 0.257 e. The van der Waals surface area contributed by atoms with Gasteiger partial charge in [0.25, 0.3) is 5.91 Å². The fourth-order valence-corrected chi connectivity index (χ4v) is 7.62. The van der Waals surface area contributed by atoms with Gasteiger partial charge in [0.15, 0.2) is 0 Å². The summed E-state index contributed by atoms with van der Waals surface area (Å²) >= 11 is 1.60. The van der Waals surface area contributed by atoms with Gasteiger partial charge < -0.3 is 25.8 Å². The van der Waals surface area contributed by atoms with Crippen molar-refractivity contribution in [2.24, 2.45) is 4.99 Å². The fourth-order valence-electron chi connectivity index (χ4n) is 6.79. The van der Waals surface area contributed by atoms with E-state index in [9.17, 15) is 19.1 Å². The van der Waals surface area contributed by atoms with Crippen LogP contribution in [0.5, 0.6) is 17.4 Å². The predicted molar refractivity (Wildman–Crippen MR) is 186 cm³/mol. The molecule has 0 spiro atoms. The summed E-state index contributed by atoms with van der Waals surface area (Å²) in [5.74, 6) is 0.222. The van der Waals surface area contributed by atoms with Crippen molar-refractivity contribution in [3.63, 3.8) is 0 Å². The van der Waals surface area contributed by atoms with E-state index in [1.54, 1.807) is 23.9 Å². The first-order chi connectivity index (χ1) is 23.1. The van der Waals surface area contributed by atoms with Crippen molar-refractivity contribution in [2.75, 3.05) is 18.8 Å². The van der Waals surface area contributed by atoms with Crippen molar-refractivity contribution in [3.05, 3.63) is 71.7 Å². The molecule has 12 heteroatoms. The third-order valence-electron chi connectivity index (χ3n) is 9.05. The molecule has 3 atom stereocenters. The number of phenols is 1. The van der Waals surface area contributed by atoms with Gasteiger partial charge in [-0.1, -0.05) is 18.2 Å². The minimum absolute atomic E-state index is 0.00521. The van der Waals surface area contributed by atoms with E-state index < -0.39 is 11.7 Å². The molecule has 3 aromatic rings. The molecule has 2 fully saturated rings. The molecule has 2 aromatic carbocycles.